The fourth-order valence-electron chi connectivity index (χ4n) is 2.20. The van der Waals surface area contributed by atoms with Gasteiger partial charge in [-0.25, -0.2) is 0 Å². The molecule has 9 nitrogen and oxygen atoms in total. The topological polar surface area (TPSA) is 131 Å². The summed E-state index contributed by atoms with van der Waals surface area (Å²) in [7, 11) is 0. The molecule has 0 aromatic carbocycles. The van der Waals surface area contributed by atoms with E-state index in [-0.39, 0.29) is 6.61 Å². The number of ether oxygens (including phenoxy) is 4. The molecule has 5 unspecified atom stereocenters. The highest BCUT2D eigenvalue weighted by Crippen LogP contribution is 2.36. The molecule has 1 aliphatic heterocycles. The lowest BCUT2D eigenvalue weighted by atomic mass is 10.0. The lowest BCUT2D eigenvalue weighted by Crippen LogP contribution is -2.61. The zero-order valence-electron chi connectivity index (χ0n) is 13.8. The molecule has 0 bridgehead atoms. The van der Waals surface area contributed by atoms with Crippen LogP contribution in [0.1, 0.15) is 27.7 Å². The van der Waals surface area contributed by atoms with E-state index in [0.717, 1.165) is 11.8 Å². The summed E-state index contributed by atoms with van der Waals surface area (Å²) < 4.78 is 20.5. The van der Waals surface area contributed by atoms with Gasteiger partial charge in [0.25, 0.3) is 0 Å². The zero-order valence-corrected chi connectivity index (χ0v) is 14.7. The second-order valence-electron chi connectivity index (χ2n) is 5.18. The molecule has 2 N–H and O–H groups in total. The van der Waals surface area contributed by atoms with Crippen LogP contribution in [0.25, 0.3) is 0 Å². The van der Waals surface area contributed by atoms with Crippen molar-refractivity contribution in [3.63, 3.8) is 0 Å². The largest absolute Gasteiger partial charge is 0.465 e. The van der Waals surface area contributed by atoms with Crippen LogP contribution in [-0.4, -0.2) is 59.4 Å². The van der Waals surface area contributed by atoms with Gasteiger partial charge in [0.1, 0.15) is 6.61 Å². The highest BCUT2D eigenvalue weighted by molar-refractivity contribution is 8.00. The highest BCUT2D eigenvalue weighted by atomic mass is 32.2. The summed E-state index contributed by atoms with van der Waals surface area (Å²) in [5.74, 6) is -2.34. The summed E-state index contributed by atoms with van der Waals surface area (Å²) in [6, 6.07) is -0.916. The Morgan fingerprint density at radius 1 is 0.833 bits per heavy atom. The van der Waals surface area contributed by atoms with Gasteiger partial charge in [-0.05, 0) is 0 Å². The Morgan fingerprint density at radius 2 is 1.33 bits per heavy atom. The summed E-state index contributed by atoms with van der Waals surface area (Å²) >= 11 is 1.08. The summed E-state index contributed by atoms with van der Waals surface area (Å²) in [6.07, 6.45) is -1.99. The normalized spacial score (nSPS) is 29.3. The van der Waals surface area contributed by atoms with Crippen molar-refractivity contribution in [1.82, 2.24) is 0 Å². The van der Waals surface area contributed by atoms with Crippen LogP contribution in [0.15, 0.2) is 0 Å². The molecule has 5 atom stereocenters. The molecule has 0 aromatic heterocycles. The Morgan fingerprint density at radius 3 is 1.79 bits per heavy atom. The Hall–Kier alpha value is -1.81. The quantitative estimate of drug-likeness (QED) is 0.515. The fraction of sp³-hybridized carbons (Fsp3) is 0.714. The predicted molar refractivity (Wildman–Crippen MR) is 82.6 cm³/mol. The van der Waals surface area contributed by atoms with E-state index in [1.54, 1.807) is 0 Å². The van der Waals surface area contributed by atoms with E-state index in [2.05, 4.69) is 0 Å². The molecule has 0 spiro atoms. The first-order valence-corrected chi connectivity index (χ1v) is 8.12. The van der Waals surface area contributed by atoms with Gasteiger partial charge < -0.3 is 24.7 Å². The second kappa shape index (κ2) is 8.88. The van der Waals surface area contributed by atoms with Crippen LogP contribution in [0.2, 0.25) is 0 Å². The molecule has 1 fully saturated rings. The van der Waals surface area contributed by atoms with Crippen LogP contribution < -0.4 is 5.73 Å². The van der Waals surface area contributed by atoms with E-state index in [4.69, 9.17) is 24.7 Å². The van der Waals surface area contributed by atoms with Crippen molar-refractivity contribution in [2.24, 2.45) is 5.73 Å². The molecule has 0 aliphatic carbocycles. The van der Waals surface area contributed by atoms with E-state index in [1.807, 2.05) is 0 Å². The molecule has 1 aliphatic rings. The van der Waals surface area contributed by atoms with Crippen LogP contribution in [0.5, 0.6) is 0 Å². The second-order valence-corrected chi connectivity index (χ2v) is 6.52. The van der Waals surface area contributed by atoms with Gasteiger partial charge in [0.2, 0.25) is 0 Å². The average molecular weight is 363 g/mol. The lowest BCUT2D eigenvalue weighted by molar-refractivity contribution is -0.173. The van der Waals surface area contributed by atoms with Crippen molar-refractivity contribution in [1.29, 1.82) is 0 Å². The first-order valence-electron chi connectivity index (χ1n) is 7.18. The van der Waals surface area contributed by atoms with E-state index in [9.17, 15) is 19.2 Å². The Bertz CT molecular complexity index is 495. The van der Waals surface area contributed by atoms with Crippen LogP contribution >= 0.6 is 11.8 Å². The van der Waals surface area contributed by atoms with Gasteiger partial charge in [0.05, 0.1) is 11.3 Å². The molecule has 0 radical (unpaired) electrons. The van der Waals surface area contributed by atoms with Crippen molar-refractivity contribution >= 4 is 35.6 Å². The van der Waals surface area contributed by atoms with Crippen molar-refractivity contribution in [3.8, 4) is 0 Å². The third kappa shape index (κ3) is 6.00. The molecular formula is C14H21NO8S. The number of nitrogens with two attached hydrogens (primary N) is 1. The Labute approximate surface area is 143 Å². The fourth-order valence-corrected chi connectivity index (χ4v) is 3.59. The first kappa shape index (κ1) is 20.2. The number of carbonyl (C=O) groups excluding carboxylic acids is 4. The van der Waals surface area contributed by atoms with Gasteiger partial charge in [-0.3, -0.25) is 19.2 Å². The van der Waals surface area contributed by atoms with Crippen LogP contribution in [0.4, 0.5) is 0 Å². The van der Waals surface area contributed by atoms with Gasteiger partial charge >= 0.3 is 23.9 Å². The Balaban J connectivity index is 3.08. The number of esters is 4. The standard InChI is InChI=1S/C14H21NO8S/c1-6(16)20-5-10-12(21-7(2)17)13(22-8(3)18)11(15)14(24-10)23-9(4)19/h10-14H,5,15H2,1-4H3. The third-order valence-corrected chi connectivity index (χ3v) is 4.46. The van der Waals surface area contributed by atoms with E-state index in [1.165, 1.54) is 27.7 Å². The maximum absolute atomic E-state index is 11.4. The van der Waals surface area contributed by atoms with E-state index < -0.39 is 52.8 Å². The predicted octanol–water partition coefficient (Wildman–Crippen LogP) is -0.255. The van der Waals surface area contributed by atoms with E-state index in [0.29, 0.717) is 0 Å². The zero-order chi connectivity index (χ0) is 18.4. The van der Waals surface area contributed by atoms with E-state index >= 15 is 0 Å². The minimum atomic E-state index is -1.04. The summed E-state index contributed by atoms with van der Waals surface area (Å²) in [4.78, 5) is 45.1. The maximum atomic E-state index is 11.4. The van der Waals surface area contributed by atoms with Crippen molar-refractivity contribution < 1.29 is 38.1 Å². The van der Waals surface area contributed by atoms with Crippen molar-refractivity contribution in [2.75, 3.05) is 6.61 Å². The van der Waals surface area contributed by atoms with Gasteiger partial charge in [0, 0.05) is 27.7 Å². The van der Waals surface area contributed by atoms with Gasteiger partial charge in [-0.2, -0.15) is 0 Å². The lowest BCUT2D eigenvalue weighted by Gasteiger charge is -2.42. The van der Waals surface area contributed by atoms with Gasteiger partial charge in [-0.15, -0.1) is 11.8 Å². The number of hydrogen-bond donors (Lipinski definition) is 1. The number of rotatable bonds is 5. The third-order valence-electron chi connectivity index (χ3n) is 3.03. The number of hydrogen-bond acceptors (Lipinski definition) is 10. The SMILES string of the molecule is CC(=O)OCC1SC(OC(C)=O)C(N)C(OC(C)=O)C1OC(C)=O. The number of thioether (sulfide) groups is 1. The molecule has 0 aromatic rings. The molecule has 1 heterocycles. The molecular weight excluding hydrogens is 342 g/mol. The summed E-state index contributed by atoms with van der Waals surface area (Å²) in [5.41, 5.74) is 5.18. The summed E-state index contributed by atoms with van der Waals surface area (Å²) in [5, 5.41) is -0.619. The Kier molecular flexibility index (Phi) is 7.49. The minimum absolute atomic E-state index is 0.125. The molecule has 24 heavy (non-hydrogen) atoms. The smallest absolute Gasteiger partial charge is 0.303 e. The van der Waals surface area contributed by atoms with Gasteiger partial charge in [0.15, 0.2) is 17.6 Å². The monoisotopic (exact) mass is 363 g/mol. The molecule has 0 amide bonds. The van der Waals surface area contributed by atoms with Crippen molar-refractivity contribution in [2.45, 2.75) is 56.6 Å². The summed E-state index contributed by atoms with van der Waals surface area (Å²) in [6.45, 7) is 4.70. The molecule has 0 saturated carbocycles. The highest BCUT2D eigenvalue weighted by Gasteiger charge is 2.49. The molecule has 10 heteroatoms. The molecule has 136 valence electrons. The van der Waals surface area contributed by atoms with Crippen LogP contribution in [0.3, 0.4) is 0 Å². The molecule has 1 saturated heterocycles. The maximum Gasteiger partial charge on any atom is 0.303 e. The van der Waals surface area contributed by atoms with Crippen molar-refractivity contribution in [3.05, 3.63) is 0 Å². The number of carbonyl (C=O) groups is 4. The van der Waals surface area contributed by atoms with Crippen LogP contribution in [-0.2, 0) is 38.1 Å². The molecule has 1 rings (SSSR count). The average Bonchev–Trinajstić information content (AvgIpc) is 2.42. The minimum Gasteiger partial charge on any atom is -0.465 e. The van der Waals surface area contributed by atoms with Gasteiger partial charge in [-0.1, -0.05) is 0 Å². The first-order chi connectivity index (χ1) is 11.1. The van der Waals surface area contributed by atoms with Crippen LogP contribution in [0, 0.1) is 0 Å².